The molecule has 16 heavy (non-hydrogen) atoms. The Kier molecular flexibility index (Phi) is 4.91. The van der Waals surface area contributed by atoms with Gasteiger partial charge in [0.1, 0.15) is 0 Å². The number of hydrogen-bond donors (Lipinski definition) is 0. The van der Waals surface area contributed by atoms with Crippen molar-refractivity contribution in [3.63, 3.8) is 0 Å². The van der Waals surface area contributed by atoms with Crippen LogP contribution in [-0.2, 0) is 20.9 Å². The largest absolute Gasteiger partial charge is 0.466 e. The van der Waals surface area contributed by atoms with Gasteiger partial charge in [-0.1, -0.05) is 11.3 Å². The number of aromatic nitrogens is 1. The maximum atomic E-state index is 11.4. The van der Waals surface area contributed by atoms with E-state index in [1.807, 2.05) is 0 Å². The molecule has 88 valence electrons. The van der Waals surface area contributed by atoms with Crippen molar-refractivity contribution < 1.29 is 14.3 Å². The number of carbonyl (C=O) groups is 2. The lowest BCUT2D eigenvalue weighted by atomic mass is 10.2. The van der Waals surface area contributed by atoms with Crippen molar-refractivity contribution >= 4 is 23.1 Å². The van der Waals surface area contributed by atoms with E-state index in [2.05, 4.69) is 0 Å². The molecule has 0 aromatic carbocycles. The summed E-state index contributed by atoms with van der Waals surface area (Å²) in [4.78, 5) is 33.4. The van der Waals surface area contributed by atoms with Gasteiger partial charge in [0.05, 0.1) is 19.6 Å². The van der Waals surface area contributed by atoms with Gasteiger partial charge in [-0.3, -0.25) is 19.0 Å². The van der Waals surface area contributed by atoms with Crippen LogP contribution in [0, 0.1) is 0 Å². The van der Waals surface area contributed by atoms with Crippen LogP contribution in [0.2, 0.25) is 0 Å². The Bertz CT molecular complexity index is 420. The number of nitrogens with zero attached hydrogens (tertiary/aromatic N) is 1. The van der Waals surface area contributed by atoms with Crippen LogP contribution in [0.5, 0.6) is 0 Å². The molecule has 1 heterocycles. The first-order valence-corrected chi connectivity index (χ1v) is 5.82. The lowest BCUT2D eigenvalue weighted by molar-refractivity contribution is -0.144. The van der Waals surface area contributed by atoms with Gasteiger partial charge >= 0.3 is 10.8 Å². The quantitative estimate of drug-likeness (QED) is 0.694. The van der Waals surface area contributed by atoms with E-state index < -0.39 is 0 Å². The normalized spacial score (nSPS) is 10.1. The Morgan fingerprint density at radius 3 is 2.75 bits per heavy atom. The standard InChI is InChI=1S/C10H13NO4S/c1-2-15-9(13)4-3-8(12)7-11-5-6-16-10(11)14/h5-6H,2-4,7H2,1H3. The van der Waals surface area contributed by atoms with Gasteiger partial charge in [-0.05, 0) is 6.92 Å². The minimum atomic E-state index is -0.381. The summed E-state index contributed by atoms with van der Waals surface area (Å²) in [5.74, 6) is -0.526. The van der Waals surface area contributed by atoms with Crippen molar-refractivity contribution in [1.82, 2.24) is 4.57 Å². The summed E-state index contributed by atoms with van der Waals surface area (Å²) in [6.07, 6.45) is 1.75. The van der Waals surface area contributed by atoms with E-state index in [-0.39, 0.29) is 36.0 Å². The third-order valence-electron chi connectivity index (χ3n) is 1.90. The minimum absolute atomic E-state index is 0.0295. The molecule has 0 unspecified atom stereocenters. The number of hydrogen-bond acceptors (Lipinski definition) is 5. The van der Waals surface area contributed by atoms with E-state index in [0.717, 1.165) is 11.3 Å². The Hall–Kier alpha value is -1.43. The van der Waals surface area contributed by atoms with Crippen LogP contribution >= 0.6 is 11.3 Å². The maximum Gasteiger partial charge on any atom is 0.307 e. The predicted molar refractivity (Wildman–Crippen MR) is 59.5 cm³/mol. The molecule has 0 bridgehead atoms. The highest BCUT2D eigenvalue weighted by atomic mass is 32.1. The van der Waals surface area contributed by atoms with Crippen molar-refractivity contribution in [2.24, 2.45) is 0 Å². The van der Waals surface area contributed by atoms with Crippen molar-refractivity contribution in [3.8, 4) is 0 Å². The van der Waals surface area contributed by atoms with Crippen LogP contribution in [0.25, 0.3) is 0 Å². The number of ether oxygens (including phenoxy) is 1. The number of Topliss-reactive ketones (excluding diaryl/α,β-unsaturated/α-hetero) is 1. The molecular formula is C10H13NO4S. The lowest BCUT2D eigenvalue weighted by Crippen LogP contribution is -2.19. The zero-order chi connectivity index (χ0) is 12.0. The fourth-order valence-electron chi connectivity index (χ4n) is 1.15. The van der Waals surface area contributed by atoms with E-state index in [1.54, 1.807) is 18.5 Å². The second-order valence-electron chi connectivity index (χ2n) is 3.14. The number of esters is 1. The summed E-state index contributed by atoms with van der Waals surface area (Å²) < 4.78 is 6.03. The van der Waals surface area contributed by atoms with Gasteiger partial charge in [0, 0.05) is 18.0 Å². The molecule has 1 aromatic heterocycles. The summed E-state index contributed by atoms with van der Waals surface area (Å²) in [7, 11) is 0. The molecule has 0 aliphatic carbocycles. The summed E-state index contributed by atoms with van der Waals surface area (Å²) in [5.41, 5.74) is 0. The molecule has 0 saturated heterocycles. The first-order valence-electron chi connectivity index (χ1n) is 4.94. The topological polar surface area (TPSA) is 65.4 Å². The summed E-state index contributed by atoms with van der Waals surface area (Å²) in [6, 6.07) is 0. The number of rotatable bonds is 6. The van der Waals surface area contributed by atoms with E-state index in [4.69, 9.17) is 4.74 Å². The SMILES string of the molecule is CCOC(=O)CCC(=O)Cn1ccsc1=O. The smallest absolute Gasteiger partial charge is 0.307 e. The molecule has 5 nitrogen and oxygen atoms in total. The highest BCUT2D eigenvalue weighted by molar-refractivity contribution is 7.07. The second kappa shape index (κ2) is 6.22. The second-order valence-corrected chi connectivity index (χ2v) is 4.00. The highest BCUT2D eigenvalue weighted by Gasteiger charge is 2.09. The Labute approximate surface area is 96.7 Å². The Balaban J connectivity index is 2.35. The number of ketones is 1. The van der Waals surface area contributed by atoms with Crippen LogP contribution < -0.4 is 4.87 Å². The Morgan fingerprint density at radius 1 is 1.44 bits per heavy atom. The van der Waals surface area contributed by atoms with Gasteiger partial charge in [-0.2, -0.15) is 0 Å². The molecule has 0 N–H and O–H groups in total. The molecule has 0 spiro atoms. The molecule has 0 amide bonds. The molecular weight excluding hydrogens is 230 g/mol. The fourth-order valence-corrected chi connectivity index (χ4v) is 1.74. The summed E-state index contributed by atoms with van der Waals surface area (Å²) in [6.45, 7) is 2.06. The van der Waals surface area contributed by atoms with Crippen molar-refractivity contribution in [1.29, 1.82) is 0 Å². The van der Waals surface area contributed by atoms with Crippen LogP contribution in [0.3, 0.4) is 0 Å². The third kappa shape index (κ3) is 3.98. The molecule has 0 aliphatic heterocycles. The molecule has 0 saturated carbocycles. The summed E-state index contributed by atoms with van der Waals surface area (Å²) in [5, 5.41) is 1.63. The monoisotopic (exact) mass is 243 g/mol. The zero-order valence-corrected chi connectivity index (χ0v) is 9.79. The van der Waals surface area contributed by atoms with Gasteiger partial charge in [0.25, 0.3) is 0 Å². The number of thiazole rings is 1. The fraction of sp³-hybridized carbons (Fsp3) is 0.500. The first-order chi connectivity index (χ1) is 7.63. The van der Waals surface area contributed by atoms with Crippen LogP contribution in [0.1, 0.15) is 19.8 Å². The lowest BCUT2D eigenvalue weighted by Gasteiger charge is -2.01. The minimum Gasteiger partial charge on any atom is -0.466 e. The number of carbonyl (C=O) groups excluding carboxylic acids is 2. The van der Waals surface area contributed by atoms with Crippen molar-refractivity contribution in [2.75, 3.05) is 6.61 Å². The highest BCUT2D eigenvalue weighted by Crippen LogP contribution is 1.97. The summed E-state index contributed by atoms with van der Waals surface area (Å²) >= 11 is 1.04. The molecule has 0 atom stereocenters. The van der Waals surface area contributed by atoms with Crippen molar-refractivity contribution in [2.45, 2.75) is 26.3 Å². The van der Waals surface area contributed by atoms with E-state index in [9.17, 15) is 14.4 Å². The average Bonchev–Trinajstić information content (AvgIpc) is 2.62. The van der Waals surface area contributed by atoms with E-state index in [1.165, 1.54) is 4.57 Å². The third-order valence-corrected chi connectivity index (χ3v) is 2.60. The molecule has 1 rings (SSSR count). The van der Waals surface area contributed by atoms with Crippen LogP contribution in [0.4, 0.5) is 0 Å². The van der Waals surface area contributed by atoms with Gasteiger partial charge in [-0.25, -0.2) is 0 Å². The predicted octanol–water partition coefficient (Wildman–Crippen LogP) is 0.822. The zero-order valence-electron chi connectivity index (χ0n) is 8.97. The van der Waals surface area contributed by atoms with Gasteiger partial charge < -0.3 is 4.74 Å². The van der Waals surface area contributed by atoms with Crippen LogP contribution in [0.15, 0.2) is 16.4 Å². The molecule has 1 aromatic rings. The van der Waals surface area contributed by atoms with Gasteiger partial charge in [0.2, 0.25) is 0 Å². The molecule has 0 radical (unpaired) electrons. The first kappa shape index (κ1) is 12.6. The van der Waals surface area contributed by atoms with Gasteiger partial charge in [-0.15, -0.1) is 0 Å². The average molecular weight is 243 g/mol. The van der Waals surface area contributed by atoms with Crippen LogP contribution in [-0.4, -0.2) is 22.9 Å². The maximum absolute atomic E-state index is 11.4. The molecule has 0 aliphatic rings. The van der Waals surface area contributed by atoms with E-state index >= 15 is 0 Å². The van der Waals surface area contributed by atoms with Gasteiger partial charge in [0.15, 0.2) is 5.78 Å². The molecule has 0 fully saturated rings. The van der Waals surface area contributed by atoms with E-state index in [0.29, 0.717) is 6.61 Å². The Morgan fingerprint density at radius 2 is 2.19 bits per heavy atom. The van der Waals surface area contributed by atoms with Crippen molar-refractivity contribution in [3.05, 3.63) is 21.2 Å². The molecule has 6 heteroatoms.